The maximum absolute atomic E-state index is 12.2. The molecule has 0 aromatic heterocycles. The molecule has 1 saturated heterocycles. The lowest BCUT2D eigenvalue weighted by molar-refractivity contribution is -0.139. The van der Waals surface area contributed by atoms with Crippen molar-refractivity contribution in [1.82, 2.24) is 9.21 Å². The summed E-state index contributed by atoms with van der Waals surface area (Å²) in [5, 5.41) is 9.05. The predicted octanol–water partition coefficient (Wildman–Crippen LogP) is 0.371. The van der Waals surface area contributed by atoms with Crippen LogP contribution < -0.4 is 0 Å². The second-order valence-corrected chi connectivity index (χ2v) is 8.15. The van der Waals surface area contributed by atoms with Crippen molar-refractivity contribution in [2.24, 2.45) is 11.3 Å². The number of rotatable bonds is 6. The third-order valence-corrected chi connectivity index (χ3v) is 6.92. The third kappa shape index (κ3) is 3.27. The molecular formula is C14H24N2O5S. The number of aliphatic carboxylic acids is 1. The smallest absolute Gasteiger partial charge is 0.307 e. The Hall–Kier alpha value is -1.15. The molecule has 1 atom stereocenters. The molecule has 1 amide bonds. The highest BCUT2D eigenvalue weighted by Crippen LogP contribution is 2.59. The van der Waals surface area contributed by atoms with E-state index >= 15 is 0 Å². The predicted molar refractivity (Wildman–Crippen MR) is 80.7 cm³/mol. The van der Waals surface area contributed by atoms with E-state index in [0.717, 1.165) is 0 Å². The molecule has 0 aromatic rings. The number of hydrogen-bond donors (Lipinski definition) is 1. The average Bonchev–Trinajstić information content (AvgIpc) is 3.14. The molecule has 1 saturated carbocycles. The van der Waals surface area contributed by atoms with E-state index in [0.29, 0.717) is 45.4 Å². The maximum Gasteiger partial charge on any atom is 0.307 e. The van der Waals surface area contributed by atoms with Gasteiger partial charge in [0.15, 0.2) is 0 Å². The first-order chi connectivity index (χ1) is 10.3. The van der Waals surface area contributed by atoms with Crippen LogP contribution in [-0.4, -0.2) is 66.5 Å². The van der Waals surface area contributed by atoms with Gasteiger partial charge in [-0.25, -0.2) is 12.7 Å². The monoisotopic (exact) mass is 332 g/mol. The van der Waals surface area contributed by atoms with Crippen LogP contribution in [0.4, 0.5) is 0 Å². The largest absolute Gasteiger partial charge is 0.481 e. The quantitative estimate of drug-likeness (QED) is 0.758. The minimum Gasteiger partial charge on any atom is -0.481 e. The van der Waals surface area contributed by atoms with Crippen LogP contribution >= 0.6 is 0 Å². The molecule has 8 heteroatoms. The molecule has 0 bridgehead atoms. The van der Waals surface area contributed by atoms with Gasteiger partial charge in [-0.1, -0.05) is 13.8 Å². The molecule has 22 heavy (non-hydrogen) atoms. The van der Waals surface area contributed by atoms with Crippen LogP contribution in [-0.2, 0) is 19.6 Å². The minimum absolute atomic E-state index is 0.152. The van der Waals surface area contributed by atoms with Crippen molar-refractivity contribution >= 4 is 21.9 Å². The van der Waals surface area contributed by atoms with Crippen molar-refractivity contribution in [2.45, 2.75) is 33.1 Å². The zero-order valence-electron chi connectivity index (χ0n) is 13.1. The molecule has 1 heterocycles. The molecule has 1 aliphatic heterocycles. The summed E-state index contributed by atoms with van der Waals surface area (Å²) >= 11 is 0. The van der Waals surface area contributed by atoms with E-state index in [4.69, 9.17) is 5.11 Å². The van der Waals surface area contributed by atoms with Crippen molar-refractivity contribution in [3.05, 3.63) is 0 Å². The molecule has 1 unspecified atom stereocenters. The van der Waals surface area contributed by atoms with Crippen LogP contribution in [0, 0.1) is 11.3 Å². The highest BCUT2D eigenvalue weighted by atomic mass is 32.2. The van der Waals surface area contributed by atoms with Crippen molar-refractivity contribution in [2.75, 3.05) is 31.9 Å². The van der Waals surface area contributed by atoms with Gasteiger partial charge in [-0.15, -0.1) is 0 Å². The van der Waals surface area contributed by atoms with E-state index < -0.39 is 21.7 Å². The van der Waals surface area contributed by atoms with Gasteiger partial charge in [0, 0.05) is 26.2 Å². The Morgan fingerprint density at radius 3 is 2.18 bits per heavy atom. The number of piperidine rings is 1. The van der Waals surface area contributed by atoms with Gasteiger partial charge in [-0.05, 0) is 24.7 Å². The van der Waals surface area contributed by atoms with Crippen molar-refractivity contribution in [3.63, 3.8) is 0 Å². The normalized spacial score (nSPS) is 23.8. The van der Waals surface area contributed by atoms with Crippen LogP contribution in [0.1, 0.15) is 33.1 Å². The molecule has 1 N–H and O–H groups in total. The Morgan fingerprint density at radius 2 is 1.77 bits per heavy atom. The topological polar surface area (TPSA) is 95.0 Å². The van der Waals surface area contributed by atoms with E-state index in [1.165, 1.54) is 4.31 Å². The van der Waals surface area contributed by atoms with Gasteiger partial charge in [0.05, 0.1) is 5.92 Å². The second kappa shape index (κ2) is 6.16. The van der Waals surface area contributed by atoms with Gasteiger partial charge >= 0.3 is 5.97 Å². The molecule has 7 nitrogen and oxygen atoms in total. The molecule has 2 aliphatic rings. The summed E-state index contributed by atoms with van der Waals surface area (Å²) in [7, 11) is -3.56. The number of carboxylic acid groups (broad SMARTS) is 1. The van der Waals surface area contributed by atoms with Crippen molar-refractivity contribution < 1.29 is 23.1 Å². The summed E-state index contributed by atoms with van der Waals surface area (Å²) < 4.78 is 25.5. The molecule has 1 aliphatic carbocycles. The molecule has 0 aromatic carbocycles. The van der Waals surface area contributed by atoms with Gasteiger partial charge in [0.25, 0.3) is 0 Å². The number of carboxylic acids is 1. The lowest BCUT2D eigenvalue weighted by Crippen LogP contribution is -2.45. The van der Waals surface area contributed by atoms with Gasteiger partial charge in [0.2, 0.25) is 15.9 Å². The first kappa shape index (κ1) is 17.2. The van der Waals surface area contributed by atoms with Gasteiger partial charge in [-0.2, -0.15) is 0 Å². The van der Waals surface area contributed by atoms with E-state index in [1.54, 1.807) is 18.7 Å². The highest BCUT2D eigenvalue weighted by Gasteiger charge is 2.59. The second-order valence-electron chi connectivity index (χ2n) is 6.18. The first-order valence-electron chi connectivity index (χ1n) is 7.74. The summed E-state index contributed by atoms with van der Waals surface area (Å²) in [6.07, 6.45) is 1.99. The number of carbonyl (C=O) groups excluding carboxylic acids is 1. The van der Waals surface area contributed by atoms with Crippen LogP contribution in [0.3, 0.4) is 0 Å². The zero-order valence-corrected chi connectivity index (χ0v) is 13.9. The molecule has 1 spiro atoms. The fraction of sp³-hybridized carbons (Fsp3) is 0.857. The molecular weight excluding hydrogens is 308 g/mol. The van der Waals surface area contributed by atoms with E-state index in [9.17, 15) is 18.0 Å². The summed E-state index contributed by atoms with van der Waals surface area (Å²) in [6, 6.07) is 0. The number of amides is 1. The SMILES string of the molecule is CCN(CC)S(=O)(=O)CC(=O)N1CCC2(CC1)CC2C(=O)O. The number of nitrogens with zero attached hydrogens (tertiary/aromatic N) is 2. The Morgan fingerprint density at radius 1 is 1.23 bits per heavy atom. The Balaban J connectivity index is 1.90. The summed E-state index contributed by atoms with van der Waals surface area (Å²) in [4.78, 5) is 24.8. The highest BCUT2D eigenvalue weighted by molar-refractivity contribution is 7.89. The maximum atomic E-state index is 12.2. The van der Waals surface area contributed by atoms with E-state index in [1.807, 2.05) is 0 Å². The average molecular weight is 332 g/mol. The van der Waals surface area contributed by atoms with Crippen LogP contribution in [0.2, 0.25) is 0 Å². The summed E-state index contributed by atoms with van der Waals surface area (Å²) in [5.41, 5.74) is -0.152. The van der Waals surface area contributed by atoms with Crippen molar-refractivity contribution in [1.29, 1.82) is 0 Å². The minimum atomic E-state index is -3.56. The van der Waals surface area contributed by atoms with E-state index in [-0.39, 0.29) is 17.2 Å². The number of likely N-dealkylation sites (tertiary alicyclic amines) is 1. The van der Waals surface area contributed by atoms with Gasteiger partial charge in [0.1, 0.15) is 5.75 Å². The number of carbonyl (C=O) groups is 2. The van der Waals surface area contributed by atoms with Crippen LogP contribution in [0.15, 0.2) is 0 Å². The Bertz CT molecular complexity index is 548. The van der Waals surface area contributed by atoms with Crippen LogP contribution in [0.25, 0.3) is 0 Å². The lowest BCUT2D eigenvalue weighted by Gasteiger charge is -2.33. The number of sulfonamides is 1. The van der Waals surface area contributed by atoms with Crippen LogP contribution in [0.5, 0.6) is 0 Å². The summed E-state index contributed by atoms with van der Waals surface area (Å²) in [6.45, 7) is 5.11. The van der Waals surface area contributed by atoms with Gasteiger partial charge < -0.3 is 10.0 Å². The Labute approximate surface area is 131 Å². The standard InChI is InChI=1S/C14H24N2O5S/c1-3-16(4-2)22(20,21)10-12(17)15-7-5-14(6-8-15)9-11(14)13(18)19/h11H,3-10H2,1-2H3,(H,18,19). The van der Waals surface area contributed by atoms with E-state index in [2.05, 4.69) is 0 Å². The van der Waals surface area contributed by atoms with Crippen molar-refractivity contribution in [3.8, 4) is 0 Å². The third-order valence-electron chi connectivity index (χ3n) is 5.00. The fourth-order valence-corrected chi connectivity index (χ4v) is 4.87. The first-order valence-corrected chi connectivity index (χ1v) is 9.35. The summed E-state index contributed by atoms with van der Waals surface area (Å²) in [5.74, 6) is -1.92. The Kier molecular flexibility index (Phi) is 4.81. The fourth-order valence-electron chi connectivity index (χ4n) is 3.41. The molecule has 0 radical (unpaired) electrons. The van der Waals surface area contributed by atoms with Gasteiger partial charge in [-0.3, -0.25) is 9.59 Å². The molecule has 2 rings (SSSR count). The lowest BCUT2D eigenvalue weighted by atomic mass is 9.91. The molecule has 126 valence electrons. The number of hydrogen-bond acceptors (Lipinski definition) is 4. The molecule has 2 fully saturated rings. The zero-order chi connectivity index (χ0) is 16.5.